The van der Waals surface area contributed by atoms with Crippen molar-refractivity contribution < 1.29 is 24.5 Å². The molecule has 1 fully saturated rings. The van der Waals surface area contributed by atoms with E-state index in [1.165, 1.54) is 5.56 Å². The summed E-state index contributed by atoms with van der Waals surface area (Å²) in [6.07, 6.45) is 8.52. The molecule has 0 aliphatic carbocycles. The monoisotopic (exact) mass is 465 g/mol. The molecule has 2 aromatic rings. The van der Waals surface area contributed by atoms with Crippen molar-refractivity contribution >= 4 is 11.9 Å². The molecule has 0 bridgehead atoms. The Bertz CT molecular complexity index is 943. The molecule has 0 saturated carbocycles. The van der Waals surface area contributed by atoms with Crippen LogP contribution in [0.4, 0.5) is 0 Å². The molecule has 6 heteroatoms. The maximum absolute atomic E-state index is 12.3. The first-order chi connectivity index (χ1) is 16.5. The number of hydrogen-bond donors (Lipinski definition) is 2. The summed E-state index contributed by atoms with van der Waals surface area (Å²) in [5.74, 6) is 0.104. The number of unbranched alkanes of at least 4 members (excludes halogenated alkanes) is 3. The molecular weight excluding hydrogens is 430 g/mol. The lowest BCUT2D eigenvalue weighted by Crippen LogP contribution is -2.32. The van der Waals surface area contributed by atoms with E-state index in [0.29, 0.717) is 26.0 Å². The second-order valence-corrected chi connectivity index (χ2v) is 8.74. The third-order valence-electron chi connectivity index (χ3n) is 6.13. The zero-order valence-electron chi connectivity index (χ0n) is 19.6. The predicted molar refractivity (Wildman–Crippen MR) is 132 cm³/mol. The molecule has 1 saturated heterocycles. The highest BCUT2D eigenvalue weighted by Gasteiger charge is 2.28. The van der Waals surface area contributed by atoms with Gasteiger partial charge in [0.25, 0.3) is 0 Å². The third-order valence-corrected chi connectivity index (χ3v) is 6.13. The Kier molecular flexibility index (Phi) is 10.2. The summed E-state index contributed by atoms with van der Waals surface area (Å²) in [7, 11) is 0. The minimum atomic E-state index is -0.772. The smallest absolute Gasteiger partial charge is 0.303 e. The number of carbonyl (C=O) groups is 2. The van der Waals surface area contributed by atoms with E-state index in [1.807, 2.05) is 53.4 Å². The van der Waals surface area contributed by atoms with Crippen LogP contribution in [-0.4, -0.2) is 46.2 Å². The molecular formula is C28H35NO5. The number of benzene rings is 2. The standard InChI is InChI=1S/C28H35NO5/c30-26(23-11-8-12-25(21-23)34-20-18-22-9-4-3-5-10-22)16-14-24-15-17-27(31)29(24)19-7-2-1-6-13-28(32)33/h3-5,8-12,14,16,21,24,26,30H,1-2,6-7,13,15,17-20H2,(H,32,33)/t24?,26-/m1/s1. The minimum Gasteiger partial charge on any atom is -0.493 e. The number of carboxylic acids is 1. The molecule has 34 heavy (non-hydrogen) atoms. The van der Waals surface area contributed by atoms with Crippen LogP contribution in [0.15, 0.2) is 66.7 Å². The van der Waals surface area contributed by atoms with Crippen molar-refractivity contribution in [3.8, 4) is 5.75 Å². The number of hydrogen-bond acceptors (Lipinski definition) is 4. The van der Waals surface area contributed by atoms with Gasteiger partial charge >= 0.3 is 5.97 Å². The lowest BCUT2D eigenvalue weighted by molar-refractivity contribution is -0.137. The van der Waals surface area contributed by atoms with Crippen LogP contribution in [0.5, 0.6) is 5.75 Å². The Morgan fingerprint density at radius 3 is 2.68 bits per heavy atom. The molecule has 1 aliphatic heterocycles. The summed E-state index contributed by atoms with van der Waals surface area (Å²) < 4.78 is 5.87. The summed E-state index contributed by atoms with van der Waals surface area (Å²) in [6.45, 7) is 1.23. The number of aliphatic hydroxyl groups excluding tert-OH is 1. The van der Waals surface area contributed by atoms with E-state index in [2.05, 4.69) is 12.1 Å². The average molecular weight is 466 g/mol. The van der Waals surface area contributed by atoms with Gasteiger partial charge in [0.15, 0.2) is 0 Å². The van der Waals surface area contributed by atoms with Crippen molar-refractivity contribution in [2.45, 2.75) is 63.5 Å². The fourth-order valence-electron chi connectivity index (χ4n) is 4.22. The number of nitrogens with zero attached hydrogens (tertiary/aromatic N) is 1. The molecule has 182 valence electrons. The van der Waals surface area contributed by atoms with Gasteiger partial charge in [-0.3, -0.25) is 9.59 Å². The van der Waals surface area contributed by atoms with Crippen molar-refractivity contribution in [3.63, 3.8) is 0 Å². The van der Waals surface area contributed by atoms with Crippen molar-refractivity contribution in [1.82, 2.24) is 4.90 Å². The molecule has 1 aliphatic rings. The van der Waals surface area contributed by atoms with E-state index in [1.54, 1.807) is 6.08 Å². The Morgan fingerprint density at radius 2 is 1.88 bits per heavy atom. The Labute approximate surface area is 201 Å². The van der Waals surface area contributed by atoms with E-state index in [0.717, 1.165) is 43.4 Å². The molecule has 2 N–H and O–H groups in total. The van der Waals surface area contributed by atoms with Crippen molar-refractivity contribution in [1.29, 1.82) is 0 Å². The molecule has 0 radical (unpaired) electrons. The molecule has 3 rings (SSSR count). The van der Waals surface area contributed by atoms with Crippen molar-refractivity contribution in [3.05, 3.63) is 77.9 Å². The summed E-state index contributed by atoms with van der Waals surface area (Å²) in [5.41, 5.74) is 1.97. The first-order valence-electron chi connectivity index (χ1n) is 12.2. The highest BCUT2D eigenvalue weighted by Crippen LogP contribution is 2.24. The minimum absolute atomic E-state index is 0.00789. The number of carbonyl (C=O) groups excluding carboxylic acids is 1. The number of amides is 1. The first-order valence-corrected chi connectivity index (χ1v) is 12.2. The van der Waals surface area contributed by atoms with Gasteiger partial charge in [0.05, 0.1) is 18.8 Å². The molecule has 2 atom stereocenters. The van der Waals surface area contributed by atoms with Gasteiger partial charge in [-0.1, -0.05) is 67.5 Å². The van der Waals surface area contributed by atoms with Crippen molar-refractivity contribution in [2.75, 3.05) is 13.2 Å². The largest absolute Gasteiger partial charge is 0.493 e. The van der Waals surface area contributed by atoms with E-state index < -0.39 is 12.1 Å². The van der Waals surface area contributed by atoms with Crippen LogP contribution in [0.1, 0.15) is 62.2 Å². The number of aliphatic hydroxyl groups is 1. The fourth-order valence-corrected chi connectivity index (χ4v) is 4.22. The second-order valence-electron chi connectivity index (χ2n) is 8.74. The first kappa shape index (κ1) is 25.5. The Morgan fingerprint density at radius 1 is 1.09 bits per heavy atom. The molecule has 0 aromatic heterocycles. The highest BCUT2D eigenvalue weighted by atomic mass is 16.5. The van der Waals surface area contributed by atoms with Gasteiger partial charge in [-0.15, -0.1) is 0 Å². The molecule has 1 unspecified atom stereocenters. The zero-order valence-corrected chi connectivity index (χ0v) is 19.6. The van der Waals surface area contributed by atoms with Crippen molar-refractivity contribution in [2.24, 2.45) is 0 Å². The van der Waals surface area contributed by atoms with E-state index in [9.17, 15) is 14.7 Å². The quantitative estimate of drug-likeness (QED) is 0.305. The number of likely N-dealkylation sites (tertiary alicyclic amines) is 1. The van der Waals surface area contributed by atoms with Crippen LogP contribution in [0.2, 0.25) is 0 Å². The van der Waals surface area contributed by atoms with Gasteiger partial charge in [0.1, 0.15) is 5.75 Å². The lowest BCUT2D eigenvalue weighted by Gasteiger charge is -2.22. The Balaban J connectivity index is 1.46. The molecule has 1 amide bonds. The van der Waals surface area contributed by atoms with Crippen LogP contribution < -0.4 is 4.74 Å². The Hall–Kier alpha value is -3.12. The fraction of sp³-hybridized carbons (Fsp3) is 0.429. The summed E-state index contributed by atoms with van der Waals surface area (Å²) in [5, 5.41) is 19.4. The molecule has 1 heterocycles. The van der Waals surface area contributed by atoms with Crippen LogP contribution in [0.3, 0.4) is 0 Å². The topological polar surface area (TPSA) is 87.1 Å². The zero-order chi connectivity index (χ0) is 24.2. The van der Waals surface area contributed by atoms with Gasteiger partial charge in [-0.25, -0.2) is 0 Å². The number of carboxylic acid groups (broad SMARTS) is 1. The maximum atomic E-state index is 12.3. The third kappa shape index (κ3) is 8.34. The SMILES string of the molecule is O=C(O)CCCCCCN1C(=O)CCC1C=C[C@@H](O)c1cccc(OCCc2ccccc2)c1. The van der Waals surface area contributed by atoms with Crippen LogP contribution in [0.25, 0.3) is 0 Å². The molecule has 2 aromatic carbocycles. The van der Waals surface area contributed by atoms with Gasteiger partial charge in [-0.05, 0) is 42.5 Å². The van der Waals surface area contributed by atoms with E-state index >= 15 is 0 Å². The number of aliphatic carboxylic acids is 1. The average Bonchev–Trinajstić information content (AvgIpc) is 3.19. The predicted octanol–water partition coefficient (Wildman–Crippen LogP) is 4.92. The summed E-state index contributed by atoms with van der Waals surface area (Å²) in [4.78, 5) is 24.8. The second kappa shape index (κ2) is 13.6. The van der Waals surface area contributed by atoms with E-state index in [-0.39, 0.29) is 18.4 Å². The summed E-state index contributed by atoms with van der Waals surface area (Å²) >= 11 is 0. The lowest BCUT2D eigenvalue weighted by atomic mass is 10.1. The van der Waals surface area contributed by atoms with Gasteiger partial charge in [-0.2, -0.15) is 0 Å². The highest BCUT2D eigenvalue weighted by molar-refractivity contribution is 5.79. The molecule has 6 nitrogen and oxygen atoms in total. The van der Waals surface area contributed by atoms with Gasteiger partial charge < -0.3 is 19.8 Å². The normalized spacial score (nSPS) is 16.8. The van der Waals surface area contributed by atoms with Gasteiger partial charge in [0, 0.05) is 25.8 Å². The van der Waals surface area contributed by atoms with E-state index in [4.69, 9.17) is 9.84 Å². The van der Waals surface area contributed by atoms with Gasteiger partial charge in [0.2, 0.25) is 5.91 Å². The van der Waals surface area contributed by atoms with Crippen LogP contribution >= 0.6 is 0 Å². The summed E-state index contributed by atoms with van der Waals surface area (Å²) in [6, 6.07) is 17.7. The maximum Gasteiger partial charge on any atom is 0.303 e. The number of rotatable bonds is 14. The number of ether oxygens (including phenoxy) is 1. The van der Waals surface area contributed by atoms with Crippen LogP contribution in [0, 0.1) is 0 Å². The molecule has 0 spiro atoms. The van der Waals surface area contributed by atoms with Crippen LogP contribution in [-0.2, 0) is 16.0 Å².